The molecule has 0 spiro atoms. The van der Waals surface area contributed by atoms with E-state index in [1.54, 1.807) is 0 Å². The molecule has 0 bridgehead atoms. The molecule has 6 heteroatoms. The number of piperidine rings is 1. The van der Waals surface area contributed by atoms with Crippen molar-refractivity contribution >= 4 is 17.8 Å². The van der Waals surface area contributed by atoms with Crippen molar-refractivity contribution in [3.8, 4) is 5.75 Å². The van der Waals surface area contributed by atoms with Crippen LogP contribution in [0.2, 0.25) is 0 Å². The first-order valence-electron chi connectivity index (χ1n) is 11.6. The average Bonchev–Trinajstić information content (AvgIpc) is 3.33. The third kappa shape index (κ3) is 4.80. The van der Waals surface area contributed by atoms with Crippen LogP contribution in [0.5, 0.6) is 5.75 Å². The maximum atomic E-state index is 13.2. The molecule has 2 saturated heterocycles. The fourth-order valence-corrected chi connectivity index (χ4v) is 4.96. The summed E-state index contributed by atoms with van der Waals surface area (Å²) in [6.45, 7) is 5.33. The number of rotatable bonds is 4. The third-order valence-electron chi connectivity index (χ3n) is 6.79. The number of amides is 2. The number of ether oxygens (including phenoxy) is 1. The molecule has 0 saturated carbocycles. The zero-order chi connectivity index (χ0) is 21.9. The molecule has 5 nitrogen and oxygen atoms in total. The number of fused-ring (bicyclic) bond motifs is 1. The summed E-state index contributed by atoms with van der Waals surface area (Å²) < 4.78 is 19.2. The van der Waals surface area contributed by atoms with Gasteiger partial charge in [0, 0.05) is 37.0 Å². The lowest BCUT2D eigenvalue weighted by Gasteiger charge is -2.32. The summed E-state index contributed by atoms with van der Waals surface area (Å²) >= 11 is 0. The van der Waals surface area contributed by atoms with E-state index in [1.807, 2.05) is 35.2 Å². The largest absolute Gasteiger partial charge is 0.488 e. The molecule has 0 aromatic heterocycles. The van der Waals surface area contributed by atoms with Gasteiger partial charge in [0.15, 0.2) is 0 Å². The second kappa shape index (κ2) is 9.33. The van der Waals surface area contributed by atoms with Crippen molar-refractivity contribution in [2.45, 2.75) is 31.6 Å². The maximum Gasteiger partial charge on any atom is 0.321 e. The fourth-order valence-electron chi connectivity index (χ4n) is 4.96. The van der Waals surface area contributed by atoms with Gasteiger partial charge in [-0.25, -0.2) is 9.18 Å². The third-order valence-corrected chi connectivity index (χ3v) is 6.79. The Morgan fingerprint density at radius 2 is 1.78 bits per heavy atom. The first-order chi connectivity index (χ1) is 15.6. The monoisotopic (exact) mass is 435 g/mol. The van der Waals surface area contributed by atoms with E-state index in [0.29, 0.717) is 25.6 Å². The molecule has 32 heavy (non-hydrogen) atoms. The minimum Gasteiger partial charge on any atom is -0.488 e. The Morgan fingerprint density at radius 1 is 1.03 bits per heavy atom. The van der Waals surface area contributed by atoms with Gasteiger partial charge in [-0.3, -0.25) is 4.90 Å². The summed E-state index contributed by atoms with van der Waals surface area (Å²) in [7, 11) is 0. The molecule has 3 aliphatic heterocycles. The average molecular weight is 436 g/mol. The quantitative estimate of drug-likeness (QED) is 0.726. The first kappa shape index (κ1) is 21.0. The standard InChI is InChI=1S/C26H30FN3O2/c27-23-6-3-20(4-7-23)21-9-13-30(14-10-21)26(31)28-24-8-5-22-15-19(18-32-25(22)16-24)17-29-11-1-2-12-29/h3-8,15-16,21H,1-2,9-14,17-18H2,(H,28,31). The van der Waals surface area contributed by atoms with E-state index in [2.05, 4.69) is 16.3 Å². The molecule has 5 rings (SSSR count). The fraction of sp³-hybridized carbons (Fsp3) is 0.423. The Morgan fingerprint density at radius 3 is 2.53 bits per heavy atom. The number of hydrogen-bond donors (Lipinski definition) is 1. The van der Waals surface area contributed by atoms with Gasteiger partial charge in [-0.05, 0) is 86.2 Å². The molecular weight excluding hydrogens is 405 g/mol. The number of nitrogens with one attached hydrogen (secondary N) is 1. The molecule has 0 atom stereocenters. The van der Waals surface area contributed by atoms with E-state index in [4.69, 9.17) is 4.74 Å². The van der Waals surface area contributed by atoms with Gasteiger partial charge >= 0.3 is 6.03 Å². The summed E-state index contributed by atoms with van der Waals surface area (Å²) in [6, 6.07) is 12.5. The van der Waals surface area contributed by atoms with E-state index < -0.39 is 0 Å². The van der Waals surface area contributed by atoms with Crippen LogP contribution < -0.4 is 10.1 Å². The van der Waals surface area contributed by atoms with E-state index in [-0.39, 0.29) is 11.8 Å². The van der Waals surface area contributed by atoms with Crippen molar-refractivity contribution in [1.82, 2.24) is 9.80 Å². The maximum absolute atomic E-state index is 13.2. The molecule has 2 aromatic rings. The summed E-state index contributed by atoms with van der Waals surface area (Å²) in [5.74, 6) is 0.985. The highest BCUT2D eigenvalue weighted by Gasteiger charge is 2.24. The van der Waals surface area contributed by atoms with Crippen molar-refractivity contribution < 1.29 is 13.9 Å². The number of benzene rings is 2. The van der Waals surface area contributed by atoms with Crippen LogP contribution in [-0.4, -0.2) is 55.2 Å². The van der Waals surface area contributed by atoms with Crippen molar-refractivity contribution in [2.75, 3.05) is 44.6 Å². The molecule has 2 amide bonds. The zero-order valence-electron chi connectivity index (χ0n) is 18.4. The molecule has 0 unspecified atom stereocenters. The van der Waals surface area contributed by atoms with Gasteiger partial charge in [0.1, 0.15) is 18.2 Å². The number of carbonyl (C=O) groups is 1. The number of halogens is 1. The second-order valence-corrected chi connectivity index (χ2v) is 9.07. The minimum atomic E-state index is -0.210. The molecule has 0 radical (unpaired) electrons. The van der Waals surface area contributed by atoms with Gasteiger partial charge in [0.05, 0.1) is 0 Å². The predicted octanol–water partition coefficient (Wildman–Crippen LogP) is 5.11. The molecule has 0 aliphatic carbocycles. The van der Waals surface area contributed by atoms with Gasteiger partial charge in [-0.1, -0.05) is 12.1 Å². The molecule has 168 valence electrons. The van der Waals surface area contributed by atoms with E-state index in [9.17, 15) is 9.18 Å². The lowest BCUT2D eigenvalue weighted by molar-refractivity contribution is 0.194. The predicted molar refractivity (Wildman–Crippen MR) is 125 cm³/mol. The van der Waals surface area contributed by atoms with Crippen LogP contribution in [0.3, 0.4) is 0 Å². The van der Waals surface area contributed by atoms with Gasteiger partial charge in [-0.15, -0.1) is 0 Å². The Bertz CT molecular complexity index is 991. The van der Waals surface area contributed by atoms with Crippen LogP contribution in [0.4, 0.5) is 14.9 Å². The van der Waals surface area contributed by atoms with Crippen LogP contribution in [0.25, 0.3) is 6.08 Å². The number of carbonyl (C=O) groups excluding carboxylic acids is 1. The van der Waals surface area contributed by atoms with Crippen LogP contribution in [0.1, 0.15) is 42.7 Å². The normalized spacial score (nSPS) is 19.3. The van der Waals surface area contributed by atoms with Gasteiger partial charge in [0.25, 0.3) is 0 Å². The highest BCUT2D eigenvalue weighted by Crippen LogP contribution is 2.31. The molecule has 2 fully saturated rings. The highest BCUT2D eigenvalue weighted by atomic mass is 19.1. The number of hydrogen-bond acceptors (Lipinski definition) is 3. The Balaban J connectivity index is 1.16. The van der Waals surface area contributed by atoms with Gasteiger partial charge in [-0.2, -0.15) is 0 Å². The minimum absolute atomic E-state index is 0.0800. The number of nitrogens with zero attached hydrogens (tertiary/aromatic N) is 2. The summed E-state index contributed by atoms with van der Waals surface area (Å²) in [6.07, 6.45) is 6.58. The molecule has 2 aromatic carbocycles. The van der Waals surface area contributed by atoms with E-state index in [0.717, 1.165) is 42.0 Å². The van der Waals surface area contributed by atoms with Crippen LogP contribution >= 0.6 is 0 Å². The Hall–Kier alpha value is -2.86. The number of urea groups is 1. The summed E-state index contributed by atoms with van der Waals surface area (Å²) in [5, 5.41) is 3.02. The van der Waals surface area contributed by atoms with Crippen molar-refractivity contribution in [3.05, 3.63) is 65.0 Å². The lowest BCUT2D eigenvalue weighted by Crippen LogP contribution is -2.40. The van der Waals surface area contributed by atoms with E-state index in [1.165, 1.54) is 43.6 Å². The van der Waals surface area contributed by atoms with Gasteiger partial charge in [0.2, 0.25) is 0 Å². The number of anilines is 1. The SMILES string of the molecule is O=C(Nc1ccc2c(c1)OCC(CN1CCCC1)=C2)N1CCC(c2ccc(F)cc2)CC1. The van der Waals surface area contributed by atoms with Gasteiger partial charge < -0.3 is 15.0 Å². The second-order valence-electron chi connectivity index (χ2n) is 9.07. The Labute approximate surface area is 188 Å². The Kier molecular flexibility index (Phi) is 6.12. The molecule has 3 heterocycles. The van der Waals surface area contributed by atoms with Crippen molar-refractivity contribution in [2.24, 2.45) is 0 Å². The molecular formula is C26H30FN3O2. The highest BCUT2D eigenvalue weighted by molar-refractivity contribution is 5.90. The molecule has 3 aliphatic rings. The summed E-state index contributed by atoms with van der Waals surface area (Å²) in [4.78, 5) is 17.1. The lowest BCUT2D eigenvalue weighted by atomic mass is 9.89. The smallest absolute Gasteiger partial charge is 0.321 e. The van der Waals surface area contributed by atoms with Crippen molar-refractivity contribution in [3.63, 3.8) is 0 Å². The van der Waals surface area contributed by atoms with Crippen LogP contribution in [0.15, 0.2) is 48.0 Å². The van der Waals surface area contributed by atoms with Crippen LogP contribution in [0, 0.1) is 5.82 Å². The molecule has 1 N–H and O–H groups in total. The van der Waals surface area contributed by atoms with Crippen LogP contribution in [-0.2, 0) is 0 Å². The summed E-state index contributed by atoms with van der Waals surface area (Å²) in [5.41, 5.74) is 4.28. The topological polar surface area (TPSA) is 44.8 Å². The van der Waals surface area contributed by atoms with Crippen molar-refractivity contribution in [1.29, 1.82) is 0 Å². The first-order valence-corrected chi connectivity index (χ1v) is 11.6. The van der Waals surface area contributed by atoms with E-state index >= 15 is 0 Å². The zero-order valence-corrected chi connectivity index (χ0v) is 18.4. The number of likely N-dealkylation sites (tertiary alicyclic amines) is 2.